The van der Waals surface area contributed by atoms with Gasteiger partial charge in [0.05, 0.1) is 23.9 Å². The van der Waals surface area contributed by atoms with Gasteiger partial charge in [-0.2, -0.15) is 0 Å². The molecule has 1 aromatic heterocycles. The van der Waals surface area contributed by atoms with Gasteiger partial charge in [-0.1, -0.05) is 28.1 Å². The molecule has 0 radical (unpaired) electrons. The van der Waals surface area contributed by atoms with Gasteiger partial charge in [0.1, 0.15) is 11.6 Å². The van der Waals surface area contributed by atoms with E-state index >= 15 is 0 Å². The Bertz CT molecular complexity index is 1000. The van der Waals surface area contributed by atoms with Crippen LogP contribution in [0.5, 0.6) is 0 Å². The predicted octanol–water partition coefficient (Wildman–Crippen LogP) is 4.92. The highest BCUT2D eigenvalue weighted by atomic mass is 79.9. The fourth-order valence-corrected chi connectivity index (χ4v) is 2.99. The Kier molecular flexibility index (Phi) is 5.71. The van der Waals surface area contributed by atoms with E-state index in [2.05, 4.69) is 26.6 Å². The minimum Gasteiger partial charge on any atom is -0.469 e. The normalized spacial score (nSPS) is 10.5. The molecule has 0 aliphatic heterocycles. The summed E-state index contributed by atoms with van der Waals surface area (Å²) in [4.78, 5) is 24.4. The molecule has 0 saturated heterocycles. The van der Waals surface area contributed by atoms with E-state index in [0.717, 1.165) is 10.0 Å². The number of nitrogens with one attached hydrogen (secondary N) is 2. The molecule has 138 valence electrons. The molecule has 0 fully saturated rings. The van der Waals surface area contributed by atoms with Crippen LogP contribution in [-0.2, 0) is 11.2 Å². The van der Waals surface area contributed by atoms with Gasteiger partial charge in [-0.05, 0) is 48.9 Å². The molecule has 3 aromatic rings. The van der Waals surface area contributed by atoms with Gasteiger partial charge in [0.25, 0.3) is 5.91 Å². The molecule has 5 nitrogen and oxygen atoms in total. The number of anilines is 2. The average Bonchev–Trinajstić information content (AvgIpc) is 3.04. The van der Waals surface area contributed by atoms with Crippen LogP contribution >= 0.6 is 15.9 Å². The smallest absolute Gasteiger partial charge is 0.259 e. The first-order chi connectivity index (χ1) is 12.9. The van der Waals surface area contributed by atoms with Crippen molar-refractivity contribution >= 4 is 39.1 Å². The fourth-order valence-electron chi connectivity index (χ4n) is 2.55. The summed E-state index contributed by atoms with van der Waals surface area (Å²) in [6.07, 6.45) is 1.56. The molecule has 0 bridgehead atoms. The number of furan rings is 1. The largest absolute Gasteiger partial charge is 0.469 e. The summed E-state index contributed by atoms with van der Waals surface area (Å²) < 4.78 is 20.0. The lowest BCUT2D eigenvalue weighted by Gasteiger charge is -2.10. The Hall–Kier alpha value is -2.93. The maximum absolute atomic E-state index is 14.0. The van der Waals surface area contributed by atoms with Crippen LogP contribution in [0.2, 0.25) is 0 Å². The number of hydrogen-bond donors (Lipinski definition) is 2. The molecule has 0 aliphatic rings. The van der Waals surface area contributed by atoms with Gasteiger partial charge in [0.2, 0.25) is 5.91 Å². The molecule has 2 amide bonds. The number of benzene rings is 2. The van der Waals surface area contributed by atoms with Crippen LogP contribution in [0.15, 0.2) is 63.7 Å². The lowest BCUT2D eigenvalue weighted by molar-refractivity contribution is -0.115. The van der Waals surface area contributed by atoms with E-state index in [1.54, 1.807) is 6.92 Å². The monoisotopic (exact) mass is 430 g/mol. The first kappa shape index (κ1) is 18.8. The van der Waals surface area contributed by atoms with Gasteiger partial charge in [0, 0.05) is 10.2 Å². The quantitative estimate of drug-likeness (QED) is 0.602. The fraction of sp³-hybridized carbons (Fsp3) is 0.100. The van der Waals surface area contributed by atoms with Crippen molar-refractivity contribution in [2.24, 2.45) is 0 Å². The number of halogens is 2. The molecule has 0 aliphatic carbocycles. The van der Waals surface area contributed by atoms with Crippen molar-refractivity contribution in [2.45, 2.75) is 13.3 Å². The third-order valence-corrected chi connectivity index (χ3v) is 4.35. The molecular formula is C20H16BrFN2O3. The average molecular weight is 431 g/mol. The zero-order valence-corrected chi connectivity index (χ0v) is 16.0. The van der Waals surface area contributed by atoms with Gasteiger partial charge in [-0.25, -0.2) is 4.39 Å². The minimum atomic E-state index is -0.602. The van der Waals surface area contributed by atoms with Crippen molar-refractivity contribution < 1.29 is 18.4 Å². The van der Waals surface area contributed by atoms with E-state index in [1.807, 2.05) is 24.3 Å². The summed E-state index contributed by atoms with van der Waals surface area (Å²) in [6, 6.07) is 12.9. The van der Waals surface area contributed by atoms with Crippen molar-refractivity contribution in [1.82, 2.24) is 0 Å². The van der Waals surface area contributed by atoms with Crippen LogP contribution in [0.4, 0.5) is 15.8 Å². The van der Waals surface area contributed by atoms with Crippen LogP contribution in [0.3, 0.4) is 0 Å². The SMILES string of the molecule is Cc1occc1C(=O)Nc1cc(NC(=O)Cc2cccc(Br)c2)ccc1F. The molecule has 0 saturated carbocycles. The molecule has 7 heteroatoms. The van der Waals surface area contributed by atoms with E-state index in [4.69, 9.17) is 4.42 Å². The highest BCUT2D eigenvalue weighted by Gasteiger charge is 2.14. The second-order valence-electron chi connectivity index (χ2n) is 5.89. The lowest BCUT2D eigenvalue weighted by Crippen LogP contribution is -2.16. The van der Waals surface area contributed by atoms with Crippen molar-refractivity contribution in [3.8, 4) is 0 Å². The van der Waals surface area contributed by atoms with Crippen molar-refractivity contribution in [3.63, 3.8) is 0 Å². The second-order valence-corrected chi connectivity index (χ2v) is 6.81. The van der Waals surface area contributed by atoms with Gasteiger partial charge in [-0.3, -0.25) is 9.59 Å². The number of carbonyl (C=O) groups is 2. The Labute approximate surface area is 163 Å². The van der Waals surface area contributed by atoms with Gasteiger partial charge < -0.3 is 15.1 Å². The molecule has 27 heavy (non-hydrogen) atoms. The van der Waals surface area contributed by atoms with Crippen LogP contribution in [0.25, 0.3) is 0 Å². The van der Waals surface area contributed by atoms with E-state index in [-0.39, 0.29) is 18.0 Å². The summed E-state index contributed by atoms with van der Waals surface area (Å²) >= 11 is 3.36. The molecular weight excluding hydrogens is 415 g/mol. The third kappa shape index (κ3) is 4.83. The summed E-state index contributed by atoms with van der Waals surface area (Å²) in [5.41, 5.74) is 1.52. The maximum Gasteiger partial charge on any atom is 0.259 e. The van der Waals surface area contributed by atoms with E-state index in [1.165, 1.54) is 30.5 Å². The van der Waals surface area contributed by atoms with Crippen LogP contribution < -0.4 is 10.6 Å². The molecule has 0 atom stereocenters. The molecule has 0 spiro atoms. The summed E-state index contributed by atoms with van der Waals surface area (Å²) in [6.45, 7) is 1.64. The van der Waals surface area contributed by atoms with Gasteiger partial charge >= 0.3 is 0 Å². The Morgan fingerprint density at radius 1 is 1.11 bits per heavy atom. The van der Waals surface area contributed by atoms with Gasteiger partial charge in [-0.15, -0.1) is 0 Å². The number of hydrogen-bond acceptors (Lipinski definition) is 3. The number of rotatable bonds is 5. The third-order valence-electron chi connectivity index (χ3n) is 3.86. The van der Waals surface area contributed by atoms with E-state index in [0.29, 0.717) is 17.0 Å². The van der Waals surface area contributed by atoms with Crippen molar-refractivity contribution in [2.75, 3.05) is 10.6 Å². The summed E-state index contributed by atoms with van der Waals surface area (Å²) in [7, 11) is 0. The first-order valence-electron chi connectivity index (χ1n) is 8.11. The lowest BCUT2D eigenvalue weighted by atomic mass is 10.1. The van der Waals surface area contributed by atoms with Crippen LogP contribution in [0, 0.1) is 12.7 Å². The highest BCUT2D eigenvalue weighted by molar-refractivity contribution is 9.10. The number of amides is 2. The van der Waals surface area contributed by atoms with E-state index < -0.39 is 11.7 Å². The zero-order valence-electron chi connectivity index (χ0n) is 14.4. The van der Waals surface area contributed by atoms with Crippen molar-refractivity contribution in [3.05, 3.63) is 82.0 Å². The molecule has 2 aromatic carbocycles. The predicted molar refractivity (Wildman–Crippen MR) is 104 cm³/mol. The first-order valence-corrected chi connectivity index (χ1v) is 8.91. The molecule has 2 N–H and O–H groups in total. The van der Waals surface area contributed by atoms with Crippen LogP contribution in [0.1, 0.15) is 21.7 Å². The van der Waals surface area contributed by atoms with Crippen molar-refractivity contribution in [1.29, 1.82) is 0 Å². The standard InChI is InChI=1S/C20H16BrFN2O3/c1-12-16(7-8-27-12)20(26)24-18-11-15(5-6-17(18)22)23-19(25)10-13-3-2-4-14(21)9-13/h2-9,11H,10H2,1H3,(H,23,25)(H,24,26). The molecule has 1 heterocycles. The highest BCUT2D eigenvalue weighted by Crippen LogP contribution is 2.22. The summed E-state index contributed by atoms with van der Waals surface area (Å²) in [5.74, 6) is -0.902. The second kappa shape index (κ2) is 8.18. The number of carbonyl (C=O) groups excluding carboxylic acids is 2. The van der Waals surface area contributed by atoms with Crippen LogP contribution in [-0.4, -0.2) is 11.8 Å². The molecule has 3 rings (SSSR count). The number of aryl methyl sites for hydroxylation is 1. The maximum atomic E-state index is 14.0. The van der Waals surface area contributed by atoms with E-state index in [9.17, 15) is 14.0 Å². The van der Waals surface area contributed by atoms with Gasteiger partial charge in [0.15, 0.2) is 0 Å². The molecule has 0 unspecified atom stereocenters. The minimum absolute atomic E-state index is 0.0270. The Morgan fingerprint density at radius 2 is 1.93 bits per heavy atom. The topological polar surface area (TPSA) is 71.3 Å². The zero-order chi connectivity index (χ0) is 19.4. The Morgan fingerprint density at radius 3 is 2.63 bits per heavy atom. The Balaban J connectivity index is 1.70. The summed E-state index contributed by atoms with van der Waals surface area (Å²) in [5, 5.41) is 5.20.